The van der Waals surface area contributed by atoms with Crippen LogP contribution in [0.15, 0.2) is 71.2 Å². The number of benzene rings is 2. The molecule has 0 aliphatic heterocycles. The van der Waals surface area contributed by atoms with E-state index < -0.39 is 4.92 Å². The van der Waals surface area contributed by atoms with Crippen molar-refractivity contribution in [1.29, 1.82) is 0 Å². The molecule has 0 saturated carbocycles. The molecule has 0 radical (unpaired) electrons. The van der Waals surface area contributed by atoms with Crippen LogP contribution in [0.25, 0.3) is 17.4 Å². The molecule has 6 heteroatoms. The first-order valence-electron chi connectivity index (χ1n) is 7.39. The number of hydrogen-bond donors (Lipinski definition) is 1. The summed E-state index contributed by atoms with van der Waals surface area (Å²) in [6.07, 6.45) is 2.89. The van der Waals surface area contributed by atoms with Crippen LogP contribution in [0, 0.1) is 10.1 Å². The molecule has 1 heterocycles. The lowest BCUT2D eigenvalue weighted by Gasteiger charge is -1.97. The number of nitro benzene ring substituents is 1. The van der Waals surface area contributed by atoms with Gasteiger partial charge in [0.15, 0.2) is 5.78 Å². The maximum absolute atomic E-state index is 12.0. The Morgan fingerprint density at radius 2 is 1.84 bits per heavy atom. The number of phenolic OH excluding ortho intramolecular Hbond substituents is 1. The molecule has 0 spiro atoms. The first-order chi connectivity index (χ1) is 12.0. The molecule has 2 aromatic carbocycles. The predicted octanol–water partition coefficient (Wildman–Crippen LogP) is 4.46. The van der Waals surface area contributed by atoms with Gasteiger partial charge in [0.1, 0.15) is 17.3 Å². The summed E-state index contributed by atoms with van der Waals surface area (Å²) >= 11 is 0. The Bertz CT molecular complexity index is 954. The van der Waals surface area contributed by atoms with Crippen LogP contribution in [0.2, 0.25) is 0 Å². The Balaban J connectivity index is 1.77. The van der Waals surface area contributed by atoms with E-state index in [1.54, 1.807) is 24.3 Å². The van der Waals surface area contributed by atoms with E-state index in [-0.39, 0.29) is 17.2 Å². The number of carbonyl (C=O) groups excluding carboxylic acids is 1. The molecule has 0 aliphatic carbocycles. The smallest absolute Gasteiger partial charge is 0.270 e. The second-order valence-electron chi connectivity index (χ2n) is 5.25. The van der Waals surface area contributed by atoms with Gasteiger partial charge in [-0.2, -0.15) is 0 Å². The fraction of sp³-hybridized carbons (Fsp3) is 0. The summed E-state index contributed by atoms with van der Waals surface area (Å²) in [5.41, 5.74) is 1.01. The Morgan fingerprint density at radius 1 is 1.08 bits per heavy atom. The molecule has 0 bridgehead atoms. The second kappa shape index (κ2) is 6.84. The largest absolute Gasteiger partial charge is 0.508 e. The van der Waals surface area contributed by atoms with Gasteiger partial charge in [0.05, 0.1) is 4.92 Å². The zero-order valence-corrected chi connectivity index (χ0v) is 13.0. The molecule has 25 heavy (non-hydrogen) atoms. The first-order valence-corrected chi connectivity index (χ1v) is 7.39. The lowest BCUT2D eigenvalue weighted by molar-refractivity contribution is -0.384. The van der Waals surface area contributed by atoms with E-state index >= 15 is 0 Å². The second-order valence-corrected chi connectivity index (χ2v) is 5.25. The summed E-state index contributed by atoms with van der Waals surface area (Å²) < 4.78 is 5.61. The fourth-order valence-corrected chi connectivity index (χ4v) is 2.25. The van der Waals surface area contributed by atoms with Gasteiger partial charge in [0.25, 0.3) is 5.69 Å². The molecule has 1 aromatic heterocycles. The molecule has 0 unspecified atom stereocenters. The molecule has 3 rings (SSSR count). The highest BCUT2D eigenvalue weighted by atomic mass is 16.6. The summed E-state index contributed by atoms with van der Waals surface area (Å²) in [5, 5.41) is 20.1. The highest BCUT2D eigenvalue weighted by molar-refractivity contribution is 6.06. The standard InChI is InChI=1S/C19H13NO5/c21-16-6-4-13(5-7-16)18(22)10-8-17-9-11-19(25-17)14-2-1-3-15(12-14)20(23)24/h1-12,21H. The van der Waals surface area contributed by atoms with E-state index in [1.165, 1.54) is 48.6 Å². The monoisotopic (exact) mass is 335 g/mol. The maximum Gasteiger partial charge on any atom is 0.270 e. The summed E-state index contributed by atoms with van der Waals surface area (Å²) in [5.74, 6) is 0.788. The van der Waals surface area contributed by atoms with E-state index in [1.807, 2.05) is 0 Å². The van der Waals surface area contributed by atoms with Gasteiger partial charge in [-0.25, -0.2) is 0 Å². The molecule has 0 aliphatic rings. The maximum atomic E-state index is 12.0. The number of nitrogens with zero attached hydrogens (tertiary/aromatic N) is 1. The quantitative estimate of drug-likeness (QED) is 0.321. The molecular formula is C19H13NO5. The van der Waals surface area contributed by atoms with Crippen LogP contribution in [0.4, 0.5) is 5.69 Å². The lowest BCUT2D eigenvalue weighted by atomic mass is 10.1. The summed E-state index contributed by atoms with van der Waals surface area (Å²) in [7, 11) is 0. The predicted molar refractivity (Wildman–Crippen MR) is 92.3 cm³/mol. The van der Waals surface area contributed by atoms with Crippen LogP contribution in [0.3, 0.4) is 0 Å². The van der Waals surface area contributed by atoms with Crippen LogP contribution in [-0.4, -0.2) is 15.8 Å². The van der Waals surface area contributed by atoms with Crippen molar-refractivity contribution in [1.82, 2.24) is 0 Å². The minimum atomic E-state index is -0.469. The van der Waals surface area contributed by atoms with Crippen molar-refractivity contribution in [2.24, 2.45) is 0 Å². The van der Waals surface area contributed by atoms with Crippen LogP contribution in [-0.2, 0) is 0 Å². The number of allylic oxidation sites excluding steroid dienone is 1. The number of aromatic hydroxyl groups is 1. The van der Waals surface area contributed by atoms with E-state index in [2.05, 4.69) is 0 Å². The molecule has 3 aromatic rings. The molecule has 124 valence electrons. The van der Waals surface area contributed by atoms with Crippen LogP contribution >= 0.6 is 0 Å². The average molecular weight is 335 g/mol. The van der Waals surface area contributed by atoms with Gasteiger partial charge in [0, 0.05) is 23.3 Å². The highest BCUT2D eigenvalue weighted by Gasteiger charge is 2.10. The Kier molecular flexibility index (Phi) is 4.43. The summed E-state index contributed by atoms with van der Waals surface area (Å²) in [4.78, 5) is 22.4. The summed E-state index contributed by atoms with van der Waals surface area (Å²) in [6, 6.07) is 15.4. The van der Waals surface area contributed by atoms with E-state index in [9.17, 15) is 20.0 Å². The van der Waals surface area contributed by atoms with Gasteiger partial charge in [-0.05, 0) is 48.6 Å². The molecule has 0 atom stereocenters. The zero-order valence-electron chi connectivity index (χ0n) is 13.0. The van der Waals surface area contributed by atoms with E-state index in [4.69, 9.17) is 4.42 Å². The Morgan fingerprint density at radius 3 is 2.56 bits per heavy atom. The van der Waals surface area contributed by atoms with Crippen molar-refractivity contribution >= 4 is 17.5 Å². The summed E-state index contributed by atoms with van der Waals surface area (Å²) in [6.45, 7) is 0. The Hall–Kier alpha value is -3.67. The third kappa shape index (κ3) is 3.81. The van der Waals surface area contributed by atoms with Crippen molar-refractivity contribution in [2.45, 2.75) is 0 Å². The van der Waals surface area contributed by atoms with Gasteiger partial charge in [-0.1, -0.05) is 12.1 Å². The van der Waals surface area contributed by atoms with Gasteiger partial charge >= 0.3 is 0 Å². The Labute approximate surface area is 142 Å². The van der Waals surface area contributed by atoms with Gasteiger partial charge in [-0.15, -0.1) is 0 Å². The van der Waals surface area contributed by atoms with Crippen molar-refractivity contribution in [3.05, 3.63) is 88.2 Å². The van der Waals surface area contributed by atoms with E-state index in [0.29, 0.717) is 22.6 Å². The number of hydrogen-bond acceptors (Lipinski definition) is 5. The molecule has 0 saturated heterocycles. The number of carbonyl (C=O) groups is 1. The number of rotatable bonds is 5. The third-order valence-electron chi connectivity index (χ3n) is 3.52. The number of ketones is 1. The van der Waals surface area contributed by atoms with Crippen molar-refractivity contribution in [3.8, 4) is 17.1 Å². The minimum absolute atomic E-state index is 0.0199. The first kappa shape index (κ1) is 16.2. The van der Waals surface area contributed by atoms with Gasteiger partial charge < -0.3 is 9.52 Å². The van der Waals surface area contributed by atoms with Crippen molar-refractivity contribution in [3.63, 3.8) is 0 Å². The molecular weight excluding hydrogens is 322 g/mol. The molecule has 0 amide bonds. The number of furan rings is 1. The molecule has 6 nitrogen and oxygen atoms in total. The SMILES string of the molecule is O=C(C=Cc1ccc(-c2cccc([N+](=O)[O-])c2)o1)c1ccc(O)cc1. The van der Waals surface area contributed by atoms with E-state index in [0.717, 1.165) is 0 Å². The van der Waals surface area contributed by atoms with Crippen molar-refractivity contribution < 1.29 is 19.2 Å². The van der Waals surface area contributed by atoms with Crippen molar-refractivity contribution in [2.75, 3.05) is 0 Å². The normalized spacial score (nSPS) is 10.9. The minimum Gasteiger partial charge on any atom is -0.508 e. The topological polar surface area (TPSA) is 93.6 Å². The lowest BCUT2D eigenvalue weighted by Crippen LogP contribution is -1.92. The average Bonchev–Trinajstić information content (AvgIpc) is 3.09. The fourth-order valence-electron chi connectivity index (χ4n) is 2.25. The number of nitro groups is 1. The van der Waals surface area contributed by atoms with Crippen LogP contribution < -0.4 is 0 Å². The number of non-ortho nitro benzene ring substituents is 1. The third-order valence-corrected chi connectivity index (χ3v) is 3.52. The van der Waals surface area contributed by atoms with Gasteiger partial charge in [-0.3, -0.25) is 14.9 Å². The van der Waals surface area contributed by atoms with Crippen LogP contribution in [0.5, 0.6) is 5.75 Å². The molecule has 0 fully saturated rings. The van der Waals surface area contributed by atoms with Crippen LogP contribution in [0.1, 0.15) is 16.1 Å². The highest BCUT2D eigenvalue weighted by Crippen LogP contribution is 2.26. The number of phenols is 1. The molecule has 1 N–H and O–H groups in total. The zero-order chi connectivity index (χ0) is 17.8. The van der Waals surface area contributed by atoms with Gasteiger partial charge in [0.2, 0.25) is 0 Å².